The molecule has 0 aliphatic carbocycles. The maximum Gasteiger partial charge on any atom is 0.326 e. The van der Waals surface area contributed by atoms with Crippen LogP contribution in [0.1, 0.15) is 19.3 Å². The Kier molecular flexibility index (Phi) is 5.74. The Morgan fingerprint density at radius 3 is 2.26 bits per heavy atom. The first-order valence-electron chi connectivity index (χ1n) is 5.75. The largest absolute Gasteiger partial charge is 0.481 e. The molecule has 1 unspecified atom stereocenters. The first-order chi connectivity index (χ1) is 8.88. The molecule has 19 heavy (non-hydrogen) atoms. The topological polar surface area (TPSA) is 133 Å². The molecule has 0 saturated carbocycles. The van der Waals surface area contributed by atoms with Crippen molar-refractivity contribution in [2.45, 2.75) is 31.3 Å². The lowest BCUT2D eigenvalue weighted by Crippen LogP contribution is -2.50. The van der Waals surface area contributed by atoms with Gasteiger partial charge >= 0.3 is 18.0 Å². The number of hydrogen-bond donors (Lipinski definition) is 4. The molecule has 0 aromatic heterocycles. The van der Waals surface area contributed by atoms with Crippen molar-refractivity contribution in [2.75, 3.05) is 11.5 Å². The van der Waals surface area contributed by atoms with Gasteiger partial charge in [0.1, 0.15) is 6.04 Å². The maximum absolute atomic E-state index is 11.5. The van der Waals surface area contributed by atoms with E-state index < -0.39 is 41.2 Å². The van der Waals surface area contributed by atoms with Crippen LogP contribution in [0.4, 0.5) is 4.79 Å². The zero-order chi connectivity index (χ0) is 14.4. The van der Waals surface area contributed by atoms with Crippen LogP contribution < -0.4 is 10.6 Å². The van der Waals surface area contributed by atoms with Crippen LogP contribution in [0.3, 0.4) is 0 Å². The average Bonchev–Trinajstić information content (AvgIpc) is 2.30. The average molecular weight is 292 g/mol. The Bertz CT molecular complexity index is 389. The minimum atomic E-state index is -1.46. The van der Waals surface area contributed by atoms with Gasteiger partial charge in [-0.1, -0.05) is 0 Å². The fraction of sp³-hybridized carbons (Fsp3) is 0.700. The number of carboxylic acid groups (broad SMARTS) is 2. The summed E-state index contributed by atoms with van der Waals surface area (Å²) in [5.74, 6) is -1.70. The molecule has 1 rings (SSSR count). The molecular weight excluding hydrogens is 276 g/mol. The van der Waals surface area contributed by atoms with Crippen molar-refractivity contribution in [3.8, 4) is 0 Å². The van der Waals surface area contributed by atoms with E-state index in [1.165, 1.54) is 0 Å². The minimum absolute atomic E-state index is 0.156. The van der Waals surface area contributed by atoms with Gasteiger partial charge < -0.3 is 20.8 Å². The van der Waals surface area contributed by atoms with Gasteiger partial charge in [-0.25, -0.2) is 9.59 Å². The summed E-state index contributed by atoms with van der Waals surface area (Å²) in [6.45, 7) is 0. The van der Waals surface area contributed by atoms with E-state index in [2.05, 4.69) is 10.6 Å². The summed E-state index contributed by atoms with van der Waals surface area (Å²) in [7, 11) is -0.845. The number of carbonyl (C=O) groups excluding carboxylic acids is 1. The van der Waals surface area contributed by atoms with Crippen molar-refractivity contribution >= 4 is 28.8 Å². The molecule has 108 valence electrons. The Balaban J connectivity index is 2.42. The summed E-state index contributed by atoms with van der Waals surface area (Å²) >= 11 is 0. The van der Waals surface area contributed by atoms with Crippen LogP contribution in [0.2, 0.25) is 0 Å². The van der Waals surface area contributed by atoms with Crippen molar-refractivity contribution < 1.29 is 28.8 Å². The van der Waals surface area contributed by atoms with Gasteiger partial charge in [0, 0.05) is 28.3 Å². The number of carbonyl (C=O) groups is 3. The Labute approximate surface area is 112 Å². The van der Waals surface area contributed by atoms with Crippen LogP contribution in [0.5, 0.6) is 0 Å². The fourth-order valence-electron chi connectivity index (χ4n) is 1.70. The van der Waals surface area contributed by atoms with E-state index >= 15 is 0 Å². The summed E-state index contributed by atoms with van der Waals surface area (Å²) in [5.41, 5.74) is 0. The van der Waals surface area contributed by atoms with Crippen molar-refractivity contribution in [2.24, 2.45) is 0 Å². The van der Waals surface area contributed by atoms with Gasteiger partial charge in [-0.05, 0) is 12.8 Å². The van der Waals surface area contributed by atoms with Gasteiger partial charge in [0.05, 0.1) is 6.42 Å². The predicted molar refractivity (Wildman–Crippen MR) is 66.2 cm³/mol. The van der Waals surface area contributed by atoms with E-state index in [1.54, 1.807) is 0 Å². The minimum Gasteiger partial charge on any atom is -0.481 e. The first-order valence-corrected chi connectivity index (χ1v) is 7.24. The summed E-state index contributed by atoms with van der Waals surface area (Å²) < 4.78 is 11.1. The second-order valence-corrected chi connectivity index (χ2v) is 5.92. The Morgan fingerprint density at radius 1 is 1.21 bits per heavy atom. The summed E-state index contributed by atoms with van der Waals surface area (Å²) in [6, 6.07) is -2.33. The first kappa shape index (κ1) is 15.4. The molecule has 0 bridgehead atoms. The van der Waals surface area contributed by atoms with E-state index in [4.69, 9.17) is 10.2 Å². The highest BCUT2D eigenvalue weighted by atomic mass is 32.2. The third kappa shape index (κ3) is 5.69. The maximum atomic E-state index is 11.5. The number of aliphatic carboxylic acids is 2. The third-order valence-electron chi connectivity index (χ3n) is 2.71. The van der Waals surface area contributed by atoms with E-state index in [1.807, 2.05) is 0 Å². The number of nitrogens with one attached hydrogen (secondary N) is 2. The second-order valence-electron chi connectivity index (χ2n) is 4.23. The van der Waals surface area contributed by atoms with Crippen LogP contribution in [0.15, 0.2) is 0 Å². The van der Waals surface area contributed by atoms with Crippen LogP contribution in [0.25, 0.3) is 0 Å². The standard InChI is InChI=1S/C10H16N2O6S/c13-8(14)5-7(9(15)16)12-10(17)11-6-1-3-19(18)4-2-6/h6-7H,1-5H2,(H,13,14)(H,15,16)(H2,11,12,17). The van der Waals surface area contributed by atoms with Gasteiger partial charge in [0.25, 0.3) is 0 Å². The van der Waals surface area contributed by atoms with Crippen molar-refractivity contribution in [1.29, 1.82) is 0 Å². The molecule has 1 aliphatic rings. The number of hydrogen-bond acceptors (Lipinski definition) is 4. The molecule has 1 atom stereocenters. The molecule has 8 nitrogen and oxygen atoms in total. The number of amides is 2. The normalized spacial score (nSPS) is 24.2. The summed E-state index contributed by atoms with van der Waals surface area (Å²) in [6.07, 6.45) is 0.449. The smallest absolute Gasteiger partial charge is 0.326 e. The van der Waals surface area contributed by atoms with E-state index in [9.17, 15) is 18.6 Å². The monoisotopic (exact) mass is 292 g/mol. The lowest BCUT2D eigenvalue weighted by Gasteiger charge is -2.23. The number of rotatable bonds is 5. The summed E-state index contributed by atoms with van der Waals surface area (Å²) in [4.78, 5) is 32.7. The molecule has 0 spiro atoms. The number of urea groups is 1. The van der Waals surface area contributed by atoms with Crippen molar-refractivity contribution in [3.05, 3.63) is 0 Å². The molecular formula is C10H16N2O6S. The lowest BCUT2D eigenvalue weighted by atomic mass is 10.1. The molecule has 4 N–H and O–H groups in total. The number of carboxylic acids is 2. The highest BCUT2D eigenvalue weighted by Gasteiger charge is 2.25. The molecule has 0 aromatic rings. The molecule has 1 saturated heterocycles. The second kappa shape index (κ2) is 7.07. The van der Waals surface area contributed by atoms with Crippen LogP contribution >= 0.6 is 0 Å². The van der Waals surface area contributed by atoms with Gasteiger partial charge in [-0.15, -0.1) is 0 Å². The van der Waals surface area contributed by atoms with Crippen LogP contribution in [0, 0.1) is 0 Å². The highest BCUT2D eigenvalue weighted by molar-refractivity contribution is 7.85. The third-order valence-corrected chi connectivity index (χ3v) is 4.09. The summed E-state index contributed by atoms with van der Waals surface area (Å²) in [5, 5.41) is 22.0. The van der Waals surface area contributed by atoms with E-state index in [0.717, 1.165) is 0 Å². The van der Waals surface area contributed by atoms with Gasteiger partial charge in [0.2, 0.25) is 0 Å². The van der Waals surface area contributed by atoms with Crippen LogP contribution in [-0.4, -0.2) is 56.0 Å². The molecule has 1 heterocycles. The van der Waals surface area contributed by atoms with Crippen LogP contribution in [-0.2, 0) is 20.4 Å². The Morgan fingerprint density at radius 2 is 1.79 bits per heavy atom. The quantitative estimate of drug-likeness (QED) is 0.520. The van der Waals surface area contributed by atoms with E-state index in [0.29, 0.717) is 24.3 Å². The van der Waals surface area contributed by atoms with Crippen molar-refractivity contribution in [1.82, 2.24) is 10.6 Å². The Hall–Kier alpha value is -1.64. The zero-order valence-corrected chi connectivity index (χ0v) is 10.9. The van der Waals surface area contributed by atoms with Gasteiger partial charge in [-0.2, -0.15) is 0 Å². The molecule has 0 aromatic carbocycles. The van der Waals surface area contributed by atoms with Gasteiger partial charge in [0.15, 0.2) is 0 Å². The molecule has 2 amide bonds. The van der Waals surface area contributed by atoms with Crippen molar-refractivity contribution in [3.63, 3.8) is 0 Å². The molecule has 1 aliphatic heterocycles. The predicted octanol–water partition coefficient (Wildman–Crippen LogP) is -0.875. The van der Waals surface area contributed by atoms with Gasteiger partial charge in [-0.3, -0.25) is 9.00 Å². The molecule has 9 heteroatoms. The molecule has 1 fully saturated rings. The van der Waals surface area contributed by atoms with E-state index in [-0.39, 0.29) is 6.04 Å². The lowest BCUT2D eigenvalue weighted by molar-refractivity contribution is -0.145. The SMILES string of the molecule is O=C(O)CC(NC(=O)NC1CCS(=O)CC1)C(=O)O. The molecule has 0 radical (unpaired) electrons. The highest BCUT2D eigenvalue weighted by Crippen LogP contribution is 2.08. The zero-order valence-electron chi connectivity index (χ0n) is 10.1. The fourth-order valence-corrected chi connectivity index (χ4v) is 3.00.